The molecule has 0 heterocycles. The molecular weight excluding hydrogens is 358 g/mol. The smallest absolute Gasteiger partial charge is 0.183 e. The third-order valence-electron chi connectivity index (χ3n) is 5.44. The number of aryl methyl sites for hydroxylation is 2. The molecule has 1 aliphatic carbocycles. The molecule has 3 rings (SSSR count). The summed E-state index contributed by atoms with van der Waals surface area (Å²) in [5.74, 6) is -0.383. The van der Waals surface area contributed by atoms with Gasteiger partial charge < -0.3 is 4.74 Å². The number of rotatable bonds is 7. The molecule has 0 N–H and O–H groups in total. The van der Waals surface area contributed by atoms with Crippen molar-refractivity contribution in [2.75, 3.05) is 13.2 Å². The summed E-state index contributed by atoms with van der Waals surface area (Å²) >= 11 is 0. The summed E-state index contributed by atoms with van der Waals surface area (Å²) in [6, 6.07) is 17.0. The van der Waals surface area contributed by atoms with Crippen molar-refractivity contribution in [2.24, 2.45) is 5.41 Å². The average molecular weight is 384 g/mol. The van der Waals surface area contributed by atoms with Gasteiger partial charge in [-0.2, -0.15) is 5.26 Å². The first-order chi connectivity index (χ1) is 12.9. The van der Waals surface area contributed by atoms with Crippen LogP contribution in [0.25, 0.3) is 0 Å². The second-order valence-electron chi connectivity index (χ2n) is 7.14. The SMILES string of the molecule is CCOC[C@]1(C#N)[C@H](c2ccc(CC)cc2)[C@H]1S(=O)(=O)c1ccc(C)cc1. The molecule has 3 atom stereocenters. The van der Waals surface area contributed by atoms with Gasteiger partial charge in [0.2, 0.25) is 0 Å². The Balaban J connectivity index is 2.04. The Bertz CT molecular complexity index is 943. The Kier molecular flexibility index (Phi) is 5.41. The molecule has 2 aromatic rings. The topological polar surface area (TPSA) is 67.2 Å². The summed E-state index contributed by atoms with van der Waals surface area (Å²) in [6.45, 7) is 6.41. The largest absolute Gasteiger partial charge is 0.380 e. The van der Waals surface area contributed by atoms with Crippen LogP contribution in [0.3, 0.4) is 0 Å². The monoisotopic (exact) mass is 383 g/mol. The fourth-order valence-electron chi connectivity index (χ4n) is 3.78. The van der Waals surface area contributed by atoms with E-state index in [1.807, 2.05) is 38.1 Å². The van der Waals surface area contributed by atoms with Gasteiger partial charge in [0.15, 0.2) is 9.84 Å². The molecule has 0 saturated heterocycles. The highest BCUT2D eigenvalue weighted by molar-refractivity contribution is 7.92. The highest BCUT2D eigenvalue weighted by atomic mass is 32.2. The van der Waals surface area contributed by atoms with Crippen LogP contribution in [0.4, 0.5) is 0 Å². The maximum Gasteiger partial charge on any atom is 0.183 e. The quantitative estimate of drug-likeness (QED) is 0.723. The molecule has 1 aliphatic rings. The van der Waals surface area contributed by atoms with Crippen molar-refractivity contribution in [2.45, 2.75) is 43.3 Å². The summed E-state index contributed by atoms with van der Waals surface area (Å²) < 4.78 is 32.2. The van der Waals surface area contributed by atoms with E-state index < -0.39 is 20.5 Å². The third-order valence-corrected chi connectivity index (χ3v) is 7.73. The van der Waals surface area contributed by atoms with Crippen molar-refractivity contribution in [1.82, 2.24) is 0 Å². The van der Waals surface area contributed by atoms with Crippen molar-refractivity contribution in [1.29, 1.82) is 5.26 Å². The molecule has 0 bridgehead atoms. The lowest BCUT2D eigenvalue weighted by molar-refractivity contribution is 0.117. The van der Waals surface area contributed by atoms with E-state index in [0.29, 0.717) is 6.61 Å². The number of nitrogens with zero attached hydrogens (tertiary/aromatic N) is 1. The lowest BCUT2D eigenvalue weighted by Gasteiger charge is -2.10. The zero-order valence-corrected chi connectivity index (χ0v) is 16.8. The Morgan fingerprint density at radius 3 is 2.22 bits per heavy atom. The zero-order valence-electron chi connectivity index (χ0n) is 16.0. The molecule has 0 aromatic heterocycles. The van der Waals surface area contributed by atoms with E-state index in [4.69, 9.17) is 4.74 Å². The van der Waals surface area contributed by atoms with Crippen LogP contribution in [0, 0.1) is 23.7 Å². The minimum atomic E-state index is -3.65. The molecule has 0 spiro atoms. The lowest BCUT2D eigenvalue weighted by atomic mass is 10.00. The van der Waals surface area contributed by atoms with Crippen LogP contribution >= 0.6 is 0 Å². The van der Waals surface area contributed by atoms with Crippen molar-refractivity contribution < 1.29 is 13.2 Å². The highest BCUT2D eigenvalue weighted by Crippen LogP contribution is 2.63. The summed E-state index contributed by atoms with van der Waals surface area (Å²) in [5.41, 5.74) is 2.02. The van der Waals surface area contributed by atoms with Gasteiger partial charge in [0.1, 0.15) is 5.41 Å². The molecule has 0 amide bonds. The van der Waals surface area contributed by atoms with Gasteiger partial charge in [0, 0.05) is 12.5 Å². The number of nitriles is 1. The number of ether oxygens (including phenoxy) is 1. The third kappa shape index (κ3) is 3.40. The lowest BCUT2D eigenvalue weighted by Crippen LogP contribution is -2.19. The minimum Gasteiger partial charge on any atom is -0.380 e. The standard InChI is InChI=1S/C22H25NO3S/c1-4-17-8-10-18(11-9-17)20-21(22(20,14-23)15-26-5-2)27(24,25)19-12-6-16(3)7-13-19/h6-13,20-21H,4-5,15H2,1-3H3/t20-,21-,22-/m1/s1. The maximum absolute atomic E-state index is 13.3. The van der Waals surface area contributed by atoms with E-state index in [1.165, 1.54) is 5.56 Å². The van der Waals surface area contributed by atoms with Crippen LogP contribution in [0.5, 0.6) is 0 Å². The summed E-state index contributed by atoms with van der Waals surface area (Å²) in [6.07, 6.45) is 0.915. The van der Waals surface area contributed by atoms with Crippen LogP contribution < -0.4 is 0 Å². The van der Waals surface area contributed by atoms with Gasteiger partial charge in [0.05, 0.1) is 22.8 Å². The number of benzene rings is 2. The fraction of sp³-hybridized carbons (Fsp3) is 0.409. The molecule has 0 unspecified atom stereocenters. The summed E-state index contributed by atoms with van der Waals surface area (Å²) in [4.78, 5) is 0.266. The molecule has 4 nitrogen and oxygen atoms in total. The molecule has 2 aromatic carbocycles. The van der Waals surface area contributed by atoms with E-state index in [0.717, 1.165) is 17.5 Å². The first kappa shape index (κ1) is 19.6. The molecule has 142 valence electrons. The first-order valence-corrected chi connectivity index (χ1v) is 10.8. The van der Waals surface area contributed by atoms with E-state index in [1.54, 1.807) is 24.3 Å². The van der Waals surface area contributed by atoms with E-state index in [9.17, 15) is 13.7 Å². The van der Waals surface area contributed by atoms with Gasteiger partial charge in [0.25, 0.3) is 0 Å². The highest BCUT2D eigenvalue weighted by Gasteiger charge is 2.72. The second-order valence-corrected chi connectivity index (χ2v) is 9.21. The minimum absolute atomic E-state index is 0.121. The van der Waals surface area contributed by atoms with E-state index in [2.05, 4.69) is 13.0 Å². The number of sulfone groups is 1. The Morgan fingerprint density at radius 1 is 1.07 bits per heavy atom. The predicted octanol–water partition coefficient (Wildman–Crippen LogP) is 4.04. The van der Waals surface area contributed by atoms with Gasteiger partial charge in [-0.3, -0.25) is 0 Å². The maximum atomic E-state index is 13.3. The molecule has 5 heteroatoms. The van der Waals surface area contributed by atoms with Crippen molar-refractivity contribution in [3.8, 4) is 6.07 Å². The second kappa shape index (κ2) is 7.46. The van der Waals surface area contributed by atoms with Crippen LogP contribution in [0.2, 0.25) is 0 Å². The fourth-order valence-corrected chi connectivity index (χ4v) is 6.09. The Labute approximate surface area is 161 Å². The van der Waals surface area contributed by atoms with Crippen LogP contribution in [0.15, 0.2) is 53.4 Å². The van der Waals surface area contributed by atoms with Crippen molar-refractivity contribution in [3.63, 3.8) is 0 Å². The summed E-state index contributed by atoms with van der Waals surface area (Å²) in [5, 5.41) is 9.15. The first-order valence-electron chi connectivity index (χ1n) is 9.29. The van der Waals surface area contributed by atoms with Gasteiger partial charge >= 0.3 is 0 Å². The van der Waals surface area contributed by atoms with Crippen molar-refractivity contribution >= 4 is 9.84 Å². The molecule has 1 fully saturated rings. The average Bonchev–Trinajstić information content (AvgIpc) is 3.37. The van der Waals surface area contributed by atoms with Crippen LogP contribution in [-0.4, -0.2) is 26.9 Å². The molecule has 1 saturated carbocycles. The van der Waals surface area contributed by atoms with Gasteiger partial charge in [-0.15, -0.1) is 0 Å². The normalized spacial score (nSPS) is 24.4. The van der Waals surface area contributed by atoms with Gasteiger partial charge in [-0.25, -0.2) is 8.42 Å². The van der Waals surface area contributed by atoms with E-state index in [-0.39, 0.29) is 17.4 Å². The Hall–Kier alpha value is -2.16. The molecule has 0 aliphatic heterocycles. The number of hydrogen-bond donors (Lipinski definition) is 0. The summed E-state index contributed by atoms with van der Waals surface area (Å²) in [7, 11) is -3.65. The van der Waals surface area contributed by atoms with Gasteiger partial charge in [-0.1, -0.05) is 48.9 Å². The number of hydrogen-bond acceptors (Lipinski definition) is 4. The van der Waals surface area contributed by atoms with Crippen LogP contribution in [0.1, 0.15) is 36.5 Å². The van der Waals surface area contributed by atoms with Crippen LogP contribution in [-0.2, 0) is 21.0 Å². The van der Waals surface area contributed by atoms with Gasteiger partial charge in [-0.05, 0) is 43.5 Å². The predicted molar refractivity (Wildman–Crippen MR) is 105 cm³/mol. The molecule has 27 heavy (non-hydrogen) atoms. The molecular formula is C22H25NO3S. The zero-order chi connectivity index (χ0) is 19.7. The Morgan fingerprint density at radius 2 is 1.70 bits per heavy atom. The van der Waals surface area contributed by atoms with E-state index >= 15 is 0 Å². The van der Waals surface area contributed by atoms with Crippen molar-refractivity contribution in [3.05, 3.63) is 65.2 Å². The molecule has 0 radical (unpaired) electrons.